The predicted molar refractivity (Wildman–Crippen MR) is 80.6 cm³/mol. The summed E-state index contributed by atoms with van der Waals surface area (Å²) in [7, 11) is 0. The molecule has 1 aromatic heterocycles. The maximum absolute atomic E-state index is 4.58. The average molecular weight is 279 g/mol. The van der Waals surface area contributed by atoms with Gasteiger partial charge in [-0.3, -0.25) is 9.80 Å². The van der Waals surface area contributed by atoms with Crippen LogP contribution in [-0.2, 0) is 13.0 Å². The zero-order valence-electron chi connectivity index (χ0n) is 12.1. The molecule has 0 aromatic carbocycles. The van der Waals surface area contributed by atoms with Crippen LogP contribution in [0, 0.1) is 0 Å². The van der Waals surface area contributed by atoms with Crippen molar-refractivity contribution in [2.24, 2.45) is 0 Å². The normalized spacial score (nSPS) is 29.4. The van der Waals surface area contributed by atoms with Crippen molar-refractivity contribution in [3.63, 3.8) is 0 Å². The molecule has 2 unspecified atom stereocenters. The Kier molecular flexibility index (Phi) is 4.20. The second-order valence-electron chi connectivity index (χ2n) is 6.00. The molecule has 3 heterocycles. The molecule has 2 aliphatic rings. The van der Waals surface area contributed by atoms with Crippen molar-refractivity contribution in [2.45, 2.75) is 58.2 Å². The minimum atomic E-state index is 0.670. The number of hydrogen-bond donors (Lipinski definition) is 0. The highest BCUT2D eigenvalue weighted by Crippen LogP contribution is 2.26. The van der Waals surface area contributed by atoms with Gasteiger partial charge in [0.1, 0.15) is 5.01 Å². The highest BCUT2D eigenvalue weighted by molar-refractivity contribution is 7.11. The zero-order chi connectivity index (χ0) is 13.2. The molecule has 1 aromatic rings. The number of fused-ring (bicyclic) bond motifs is 1. The van der Waals surface area contributed by atoms with Crippen LogP contribution in [0.15, 0.2) is 6.20 Å². The minimum Gasteiger partial charge on any atom is -0.298 e. The number of aromatic nitrogens is 1. The lowest BCUT2D eigenvalue weighted by molar-refractivity contribution is 0.0110. The van der Waals surface area contributed by atoms with E-state index in [0.29, 0.717) is 6.04 Å². The molecular weight excluding hydrogens is 254 g/mol. The van der Waals surface area contributed by atoms with Gasteiger partial charge in [-0.25, -0.2) is 4.98 Å². The second kappa shape index (κ2) is 5.90. The Morgan fingerprint density at radius 2 is 2.26 bits per heavy atom. The first-order valence-corrected chi connectivity index (χ1v) is 8.49. The number of piperidine rings is 1. The lowest BCUT2D eigenvalue weighted by atomic mass is 9.97. The van der Waals surface area contributed by atoms with E-state index in [4.69, 9.17) is 0 Å². The van der Waals surface area contributed by atoms with Gasteiger partial charge in [0.2, 0.25) is 0 Å². The van der Waals surface area contributed by atoms with E-state index in [9.17, 15) is 0 Å². The summed E-state index contributed by atoms with van der Waals surface area (Å²) >= 11 is 1.89. The topological polar surface area (TPSA) is 19.4 Å². The minimum absolute atomic E-state index is 0.670. The molecule has 106 valence electrons. The molecule has 0 amide bonds. The summed E-state index contributed by atoms with van der Waals surface area (Å²) in [5, 5.41) is 1.30. The van der Waals surface area contributed by atoms with Gasteiger partial charge in [0.15, 0.2) is 0 Å². The van der Waals surface area contributed by atoms with Gasteiger partial charge < -0.3 is 0 Å². The largest absolute Gasteiger partial charge is 0.298 e. The van der Waals surface area contributed by atoms with Gasteiger partial charge in [0.25, 0.3) is 0 Å². The van der Waals surface area contributed by atoms with Crippen LogP contribution in [0.5, 0.6) is 0 Å². The monoisotopic (exact) mass is 279 g/mol. The number of hydrogen-bond acceptors (Lipinski definition) is 4. The first-order valence-electron chi connectivity index (χ1n) is 7.68. The van der Waals surface area contributed by atoms with Gasteiger partial charge in [-0.1, -0.05) is 13.3 Å². The quantitative estimate of drug-likeness (QED) is 0.848. The highest BCUT2D eigenvalue weighted by Gasteiger charge is 2.33. The van der Waals surface area contributed by atoms with Gasteiger partial charge >= 0.3 is 0 Å². The fourth-order valence-corrected chi connectivity index (χ4v) is 4.28. The first-order chi connectivity index (χ1) is 9.26. The molecule has 3 nitrogen and oxygen atoms in total. The lowest BCUT2D eigenvalue weighted by Gasteiger charge is -2.47. The maximum atomic E-state index is 4.58. The van der Waals surface area contributed by atoms with E-state index in [1.165, 1.54) is 48.8 Å². The zero-order valence-corrected chi connectivity index (χ0v) is 13.0. The summed E-state index contributed by atoms with van der Waals surface area (Å²) in [5.74, 6) is 0. The molecule has 2 saturated heterocycles. The van der Waals surface area contributed by atoms with Gasteiger partial charge in [-0.2, -0.15) is 0 Å². The Morgan fingerprint density at radius 1 is 1.37 bits per heavy atom. The molecule has 0 bridgehead atoms. The van der Waals surface area contributed by atoms with Gasteiger partial charge in [-0.05, 0) is 32.7 Å². The van der Waals surface area contributed by atoms with E-state index in [1.807, 2.05) is 11.3 Å². The molecular formula is C15H25N3S. The van der Waals surface area contributed by atoms with E-state index >= 15 is 0 Å². The second-order valence-corrected chi connectivity index (χ2v) is 7.20. The van der Waals surface area contributed by atoms with E-state index < -0.39 is 0 Å². The number of piperazine rings is 1. The maximum Gasteiger partial charge on any atom is 0.107 e. The Labute approximate surface area is 120 Å². The van der Waals surface area contributed by atoms with Gasteiger partial charge in [0.05, 0.1) is 6.54 Å². The fraction of sp³-hybridized carbons (Fsp3) is 0.800. The van der Waals surface area contributed by atoms with Gasteiger partial charge in [0, 0.05) is 36.2 Å². The molecule has 4 heteroatoms. The molecule has 0 saturated carbocycles. The molecule has 2 fully saturated rings. The standard InChI is InChI=1S/C15H25N3S/c1-3-14-8-16-15(19-14)11-18-10-13-6-4-5-7-17(13)9-12(18)2/h8,12-13H,3-7,9-11H2,1-2H3. The number of thiazole rings is 1. The lowest BCUT2D eigenvalue weighted by Crippen LogP contribution is -2.58. The SMILES string of the molecule is CCc1cnc(CN2CC3CCCCN3CC2C)s1. The van der Waals surface area contributed by atoms with Crippen LogP contribution in [-0.4, -0.2) is 46.5 Å². The Hall–Kier alpha value is -0.450. The fourth-order valence-electron chi connectivity index (χ4n) is 3.39. The third-order valence-corrected chi connectivity index (χ3v) is 5.73. The highest BCUT2D eigenvalue weighted by atomic mass is 32.1. The van der Waals surface area contributed by atoms with E-state index in [2.05, 4.69) is 34.8 Å². The van der Waals surface area contributed by atoms with Crippen molar-refractivity contribution in [1.29, 1.82) is 0 Å². The Bertz CT molecular complexity index is 417. The van der Waals surface area contributed by atoms with Crippen molar-refractivity contribution in [3.05, 3.63) is 16.1 Å². The summed E-state index contributed by atoms with van der Waals surface area (Å²) in [6.07, 6.45) is 7.38. The van der Waals surface area contributed by atoms with Crippen LogP contribution in [0.4, 0.5) is 0 Å². The Balaban J connectivity index is 1.63. The van der Waals surface area contributed by atoms with Crippen LogP contribution in [0.25, 0.3) is 0 Å². The van der Waals surface area contributed by atoms with Crippen molar-refractivity contribution in [2.75, 3.05) is 19.6 Å². The predicted octanol–water partition coefficient (Wildman–Crippen LogP) is 2.76. The van der Waals surface area contributed by atoms with Crippen molar-refractivity contribution in [1.82, 2.24) is 14.8 Å². The van der Waals surface area contributed by atoms with E-state index in [1.54, 1.807) is 0 Å². The summed E-state index contributed by atoms with van der Waals surface area (Å²) in [4.78, 5) is 11.4. The first kappa shape index (κ1) is 13.5. The molecule has 2 aliphatic heterocycles. The van der Waals surface area contributed by atoms with Crippen LogP contribution < -0.4 is 0 Å². The van der Waals surface area contributed by atoms with Crippen molar-refractivity contribution >= 4 is 11.3 Å². The van der Waals surface area contributed by atoms with Crippen molar-refractivity contribution in [3.8, 4) is 0 Å². The smallest absolute Gasteiger partial charge is 0.107 e. The van der Waals surface area contributed by atoms with Gasteiger partial charge in [-0.15, -0.1) is 11.3 Å². The number of rotatable bonds is 3. The van der Waals surface area contributed by atoms with Crippen LogP contribution in [0.1, 0.15) is 43.0 Å². The van der Waals surface area contributed by atoms with Crippen LogP contribution in [0.3, 0.4) is 0 Å². The average Bonchev–Trinajstić information content (AvgIpc) is 2.87. The summed E-state index contributed by atoms with van der Waals surface area (Å²) in [6.45, 7) is 9.44. The molecule has 0 radical (unpaired) electrons. The molecule has 3 rings (SSSR count). The summed E-state index contributed by atoms with van der Waals surface area (Å²) in [5.41, 5.74) is 0. The third-order valence-electron chi connectivity index (χ3n) is 4.60. The molecule has 0 N–H and O–H groups in total. The number of aryl methyl sites for hydroxylation is 1. The third kappa shape index (κ3) is 3.01. The number of nitrogens with zero attached hydrogens (tertiary/aromatic N) is 3. The van der Waals surface area contributed by atoms with E-state index in [0.717, 1.165) is 19.0 Å². The molecule has 0 aliphatic carbocycles. The molecule has 0 spiro atoms. The van der Waals surface area contributed by atoms with Crippen LogP contribution >= 0.6 is 11.3 Å². The molecule has 19 heavy (non-hydrogen) atoms. The summed E-state index contributed by atoms with van der Waals surface area (Å²) in [6, 6.07) is 1.47. The summed E-state index contributed by atoms with van der Waals surface area (Å²) < 4.78 is 0. The van der Waals surface area contributed by atoms with E-state index in [-0.39, 0.29) is 0 Å². The Morgan fingerprint density at radius 3 is 3.05 bits per heavy atom. The molecule has 2 atom stereocenters. The van der Waals surface area contributed by atoms with Crippen molar-refractivity contribution < 1.29 is 0 Å². The van der Waals surface area contributed by atoms with Crippen LogP contribution in [0.2, 0.25) is 0 Å².